The first kappa shape index (κ1) is 18.5. The molecule has 1 aliphatic heterocycles. The van der Waals surface area contributed by atoms with Crippen LogP contribution in [-0.2, 0) is 0 Å². The molecule has 0 aliphatic carbocycles. The van der Waals surface area contributed by atoms with Gasteiger partial charge in [-0.2, -0.15) is 0 Å². The van der Waals surface area contributed by atoms with Gasteiger partial charge in [-0.1, -0.05) is 0 Å². The minimum atomic E-state index is 0.159. The Morgan fingerprint density at radius 3 is 2.16 bits per heavy atom. The predicted octanol–water partition coefficient (Wildman–Crippen LogP) is 3.53. The van der Waals surface area contributed by atoms with Crippen LogP contribution in [0.4, 0.5) is 0 Å². The Balaban J connectivity index is 2.09. The van der Waals surface area contributed by atoms with E-state index in [0.29, 0.717) is 17.2 Å². The van der Waals surface area contributed by atoms with Gasteiger partial charge in [-0.05, 0) is 45.8 Å². The van der Waals surface area contributed by atoms with Gasteiger partial charge in [0.1, 0.15) is 0 Å². The number of rotatable bonds is 6. The summed E-state index contributed by atoms with van der Waals surface area (Å²) in [6.45, 7) is 3.98. The third kappa shape index (κ3) is 3.95. The van der Waals surface area contributed by atoms with Crippen molar-refractivity contribution in [3.8, 4) is 17.2 Å². The van der Waals surface area contributed by atoms with Gasteiger partial charge in [0.25, 0.3) is 0 Å². The average Bonchev–Trinajstić information content (AvgIpc) is 3.07. The van der Waals surface area contributed by atoms with E-state index in [-0.39, 0.29) is 6.04 Å². The first-order valence-electron chi connectivity index (χ1n) is 8.17. The summed E-state index contributed by atoms with van der Waals surface area (Å²) in [5.41, 5.74) is 1.14. The SMILES string of the molecule is COc1cc(C(c2ccc(Br)s2)N2CCNCC2)cc(OC)c1OC. The fourth-order valence-corrected chi connectivity index (χ4v) is 4.82. The Bertz CT molecular complexity index is 691. The Labute approximate surface area is 161 Å². The van der Waals surface area contributed by atoms with Crippen molar-refractivity contribution in [3.05, 3.63) is 38.5 Å². The summed E-state index contributed by atoms with van der Waals surface area (Å²) in [5, 5.41) is 3.42. The molecule has 136 valence electrons. The molecular weight excluding hydrogens is 404 g/mol. The van der Waals surface area contributed by atoms with Crippen LogP contribution in [0.1, 0.15) is 16.5 Å². The highest BCUT2D eigenvalue weighted by molar-refractivity contribution is 9.11. The highest BCUT2D eigenvalue weighted by atomic mass is 79.9. The van der Waals surface area contributed by atoms with Crippen LogP contribution in [0.5, 0.6) is 17.2 Å². The van der Waals surface area contributed by atoms with E-state index in [4.69, 9.17) is 14.2 Å². The molecule has 1 aromatic heterocycles. The van der Waals surface area contributed by atoms with Crippen molar-refractivity contribution in [3.63, 3.8) is 0 Å². The molecule has 1 unspecified atom stereocenters. The van der Waals surface area contributed by atoms with Gasteiger partial charge in [-0.15, -0.1) is 11.3 Å². The molecule has 1 saturated heterocycles. The van der Waals surface area contributed by atoms with E-state index < -0.39 is 0 Å². The normalized spacial score (nSPS) is 16.5. The first-order chi connectivity index (χ1) is 12.2. The molecule has 1 N–H and O–H groups in total. The van der Waals surface area contributed by atoms with Gasteiger partial charge in [-0.3, -0.25) is 4.90 Å². The summed E-state index contributed by atoms with van der Waals surface area (Å²) < 4.78 is 17.7. The van der Waals surface area contributed by atoms with Crippen LogP contribution in [-0.4, -0.2) is 52.4 Å². The Morgan fingerprint density at radius 2 is 1.68 bits per heavy atom. The molecule has 2 aromatic rings. The van der Waals surface area contributed by atoms with Crippen LogP contribution < -0.4 is 19.5 Å². The van der Waals surface area contributed by atoms with Gasteiger partial charge in [0.2, 0.25) is 5.75 Å². The lowest BCUT2D eigenvalue weighted by Gasteiger charge is -2.35. The largest absolute Gasteiger partial charge is 0.493 e. The Hall–Kier alpha value is -1.28. The molecule has 0 bridgehead atoms. The molecule has 0 radical (unpaired) electrons. The fourth-order valence-electron chi connectivity index (χ4n) is 3.23. The monoisotopic (exact) mass is 426 g/mol. The molecule has 0 spiro atoms. The van der Waals surface area contributed by atoms with Crippen molar-refractivity contribution < 1.29 is 14.2 Å². The van der Waals surface area contributed by atoms with E-state index in [2.05, 4.69) is 50.4 Å². The van der Waals surface area contributed by atoms with Crippen LogP contribution in [0.2, 0.25) is 0 Å². The zero-order valence-electron chi connectivity index (χ0n) is 14.7. The maximum Gasteiger partial charge on any atom is 0.203 e. The molecule has 0 saturated carbocycles. The number of nitrogens with one attached hydrogen (secondary N) is 1. The fraction of sp³-hybridized carbons (Fsp3) is 0.444. The van der Waals surface area contributed by atoms with E-state index in [1.54, 1.807) is 32.7 Å². The van der Waals surface area contributed by atoms with Crippen LogP contribution in [0.15, 0.2) is 28.1 Å². The lowest BCUT2D eigenvalue weighted by atomic mass is 10.0. The second-order valence-corrected chi connectivity index (χ2v) is 8.28. The van der Waals surface area contributed by atoms with Crippen molar-refractivity contribution in [1.29, 1.82) is 0 Å². The topological polar surface area (TPSA) is 43.0 Å². The van der Waals surface area contributed by atoms with Crippen LogP contribution in [0.3, 0.4) is 0 Å². The lowest BCUT2D eigenvalue weighted by Crippen LogP contribution is -2.45. The Morgan fingerprint density at radius 1 is 1.04 bits per heavy atom. The number of piperazine rings is 1. The summed E-state index contributed by atoms with van der Waals surface area (Å²) in [5.74, 6) is 2.00. The minimum Gasteiger partial charge on any atom is -0.493 e. The Kier molecular flexibility index (Phi) is 6.22. The van der Waals surface area contributed by atoms with E-state index >= 15 is 0 Å². The van der Waals surface area contributed by atoms with Gasteiger partial charge in [0.05, 0.1) is 31.2 Å². The molecule has 7 heteroatoms. The summed E-state index contributed by atoms with van der Waals surface area (Å²) in [4.78, 5) is 3.79. The molecule has 5 nitrogen and oxygen atoms in total. The highest BCUT2D eigenvalue weighted by Gasteiger charge is 2.27. The second kappa shape index (κ2) is 8.40. The first-order valence-corrected chi connectivity index (χ1v) is 9.78. The van der Waals surface area contributed by atoms with Crippen molar-refractivity contribution in [2.24, 2.45) is 0 Å². The molecule has 1 aliphatic rings. The molecule has 1 aromatic carbocycles. The predicted molar refractivity (Wildman–Crippen MR) is 104 cm³/mol. The summed E-state index contributed by atoms with van der Waals surface area (Å²) in [6.07, 6.45) is 0. The number of halogens is 1. The molecule has 0 amide bonds. The van der Waals surface area contributed by atoms with Crippen molar-refractivity contribution in [2.45, 2.75) is 6.04 Å². The summed E-state index contributed by atoms with van der Waals surface area (Å²) in [7, 11) is 4.94. The van der Waals surface area contributed by atoms with Gasteiger partial charge in [0, 0.05) is 31.1 Å². The van der Waals surface area contributed by atoms with E-state index in [1.165, 1.54) is 4.88 Å². The molecule has 2 heterocycles. The standard InChI is InChI=1S/C18H23BrN2O3S/c1-22-13-10-12(11-14(23-2)18(13)24-3)17(15-4-5-16(19)25-15)21-8-6-20-7-9-21/h4-5,10-11,17,20H,6-9H2,1-3H3. The summed E-state index contributed by atoms with van der Waals surface area (Å²) in [6, 6.07) is 8.56. The number of thiophene rings is 1. The number of methoxy groups -OCH3 is 3. The molecule has 1 atom stereocenters. The van der Waals surface area contributed by atoms with Gasteiger partial charge < -0.3 is 19.5 Å². The smallest absolute Gasteiger partial charge is 0.203 e. The van der Waals surface area contributed by atoms with E-state index in [9.17, 15) is 0 Å². The quantitative estimate of drug-likeness (QED) is 0.764. The molecular formula is C18H23BrN2O3S. The zero-order chi connectivity index (χ0) is 17.8. The third-order valence-corrected chi connectivity index (χ3v) is 6.06. The zero-order valence-corrected chi connectivity index (χ0v) is 17.1. The van der Waals surface area contributed by atoms with Gasteiger partial charge in [-0.25, -0.2) is 0 Å². The van der Waals surface area contributed by atoms with E-state index in [0.717, 1.165) is 35.5 Å². The average molecular weight is 427 g/mol. The van der Waals surface area contributed by atoms with Gasteiger partial charge >= 0.3 is 0 Å². The third-order valence-electron chi connectivity index (χ3n) is 4.38. The second-order valence-electron chi connectivity index (χ2n) is 5.79. The van der Waals surface area contributed by atoms with Gasteiger partial charge in [0.15, 0.2) is 11.5 Å². The van der Waals surface area contributed by atoms with Crippen molar-refractivity contribution in [1.82, 2.24) is 10.2 Å². The molecule has 1 fully saturated rings. The van der Waals surface area contributed by atoms with Crippen LogP contribution in [0, 0.1) is 0 Å². The number of nitrogens with zero attached hydrogens (tertiary/aromatic N) is 1. The highest BCUT2D eigenvalue weighted by Crippen LogP contribution is 2.43. The molecule has 25 heavy (non-hydrogen) atoms. The number of ether oxygens (including phenoxy) is 3. The van der Waals surface area contributed by atoms with Crippen molar-refractivity contribution >= 4 is 27.3 Å². The van der Waals surface area contributed by atoms with Crippen LogP contribution >= 0.6 is 27.3 Å². The number of hydrogen-bond acceptors (Lipinski definition) is 6. The van der Waals surface area contributed by atoms with E-state index in [1.807, 2.05) is 0 Å². The maximum absolute atomic E-state index is 5.56. The number of hydrogen-bond donors (Lipinski definition) is 1. The van der Waals surface area contributed by atoms with Crippen molar-refractivity contribution in [2.75, 3.05) is 47.5 Å². The lowest BCUT2D eigenvalue weighted by molar-refractivity contribution is 0.200. The minimum absolute atomic E-state index is 0.159. The molecule has 3 rings (SSSR count). The number of benzene rings is 1. The maximum atomic E-state index is 5.56. The summed E-state index contributed by atoms with van der Waals surface area (Å²) >= 11 is 5.36. The van der Waals surface area contributed by atoms with Crippen LogP contribution in [0.25, 0.3) is 0 Å².